The first-order valence-electron chi connectivity index (χ1n) is 4.41. The average molecular weight is 244 g/mol. The number of aromatic nitrogens is 2. The summed E-state index contributed by atoms with van der Waals surface area (Å²) in [5.41, 5.74) is 0. The van der Waals surface area contributed by atoms with Gasteiger partial charge in [0.25, 0.3) is 5.95 Å². The average Bonchev–Trinajstić information content (AvgIpc) is 2.70. The molecule has 0 aliphatic heterocycles. The summed E-state index contributed by atoms with van der Waals surface area (Å²) in [5.74, 6) is -2.40. The van der Waals surface area contributed by atoms with Crippen LogP contribution >= 0.6 is 11.3 Å². The molecule has 0 N–H and O–H groups in total. The maximum Gasteiger partial charge on any atom is 0.348 e. The van der Waals surface area contributed by atoms with Gasteiger partial charge in [-0.25, -0.2) is 4.79 Å². The second-order valence-corrected chi connectivity index (χ2v) is 3.91. The van der Waals surface area contributed by atoms with E-state index in [-0.39, 0.29) is 21.6 Å². The van der Waals surface area contributed by atoms with Gasteiger partial charge in [0.15, 0.2) is 0 Å². The van der Waals surface area contributed by atoms with Crippen LogP contribution in [0.25, 0.3) is 10.1 Å². The van der Waals surface area contributed by atoms with Crippen molar-refractivity contribution in [1.29, 1.82) is 0 Å². The number of thiophene rings is 1. The van der Waals surface area contributed by atoms with Crippen LogP contribution in [0.2, 0.25) is 0 Å². The van der Waals surface area contributed by atoms with E-state index in [4.69, 9.17) is 4.74 Å². The smallest absolute Gasteiger partial charge is 0.348 e. The van der Waals surface area contributed by atoms with Crippen LogP contribution < -0.4 is 0 Å². The number of hydrogen-bond acceptors (Lipinski definition) is 5. The van der Waals surface area contributed by atoms with Crippen molar-refractivity contribution >= 4 is 27.4 Å². The fourth-order valence-electron chi connectivity index (χ4n) is 1.19. The Bertz CT molecular complexity index is 517. The van der Waals surface area contributed by atoms with Crippen molar-refractivity contribution in [1.82, 2.24) is 10.2 Å². The molecule has 0 amide bonds. The molecule has 16 heavy (non-hydrogen) atoms. The molecule has 84 valence electrons. The Morgan fingerprint density at radius 2 is 2.12 bits per heavy atom. The molecule has 7 heteroatoms. The minimum absolute atomic E-state index is 0.0319. The molecule has 0 bridgehead atoms. The molecule has 0 aromatic carbocycles. The lowest BCUT2D eigenvalue weighted by Crippen LogP contribution is -2.01. The highest BCUT2D eigenvalue weighted by atomic mass is 32.1. The number of rotatable bonds is 2. The third kappa shape index (κ3) is 1.73. The van der Waals surface area contributed by atoms with Gasteiger partial charge in [-0.2, -0.15) is 8.78 Å². The summed E-state index contributed by atoms with van der Waals surface area (Å²) in [7, 11) is 0. The van der Waals surface area contributed by atoms with Crippen molar-refractivity contribution in [3.05, 3.63) is 22.8 Å². The quantitative estimate of drug-likeness (QED) is 0.759. The van der Waals surface area contributed by atoms with Gasteiger partial charge in [0.1, 0.15) is 4.88 Å². The van der Waals surface area contributed by atoms with Gasteiger partial charge in [-0.1, -0.05) is 0 Å². The van der Waals surface area contributed by atoms with Crippen molar-refractivity contribution in [2.24, 2.45) is 0 Å². The molecule has 0 aliphatic rings. The summed E-state index contributed by atoms with van der Waals surface area (Å²) >= 11 is 0.794. The molecule has 0 aliphatic carbocycles. The standard InChI is InChI=1S/C9H6F2N2O2S/c1-2-15-9(14)5-3-4-6(16-5)8(11)13-12-7(4)10/h3H,2H2,1H3. The number of fused-ring (bicyclic) bond motifs is 1. The molecule has 2 aromatic heterocycles. The Morgan fingerprint density at radius 3 is 2.75 bits per heavy atom. The Kier molecular flexibility index (Phi) is 2.78. The van der Waals surface area contributed by atoms with Gasteiger partial charge in [-0.05, 0) is 13.0 Å². The Labute approximate surface area is 92.9 Å². The van der Waals surface area contributed by atoms with Gasteiger partial charge in [0, 0.05) is 0 Å². The number of ether oxygens (including phenoxy) is 1. The van der Waals surface area contributed by atoms with E-state index in [0.29, 0.717) is 0 Å². The largest absolute Gasteiger partial charge is 0.462 e. The lowest BCUT2D eigenvalue weighted by atomic mass is 10.3. The molecule has 0 saturated heterocycles. The predicted octanol–water partition coefficient (Wildman–Crippen LogP) is 2.15. The molecule has 0 saturated carbocycles. The van der Waals surface area contributed by atoms with Crippen LogP contribution in [0.15, 0.2) is 6.07 Å². The number of hydrogen-bond donors (Lipinski definition) is 0. The van der Waals surface area contributed by atoms with Gasteiger partial charge in [0.2, 0.25) is 5.95 Å². The number of halogens is 2. The maximum absolute atomic E-state index is 13.1. The maximum atomic E-state index is 13.1. The molecule has 0 atom stereocenters. The van der Waals surface area contributed by atoms with E-state index in [1.807, 2.05) is 0 Å². The highest BCUT2D eigenvalue weighted by molar-refractivity contribution is 7.20. The molecular weight excluding hydrogens is 238 g/mol. The zero-order valence-corrected chi connectivity index (χ0v) is 8.98. The van der Waals surface area contributed by atoms with Gasteiger partial charge in [-0.3, -0.25) is 0 Å². The third-order valence-electron chi connectivity index (χ3n) is 1.84. The molecule has 4 nitrogen and oxygen atoms in total. The normalized spacial score (nSPS) is 10.7. The zero-order chi connectivity index (χ0) is 11.7. The highest BCUT2D eigenvalue weighted by Crippen LogP contribution is 2.28. The lowest BCUT2D eigenvalue weighted by molar-refractivity contribution is 0.0532. The van der Waals surface area contributed by atoms with Gasteiger partial charge < -0.3 is 4.74 Å². The first kappa shape index (κ1) is 10.9. The van der Waals surface area contributed by atoms with E-state index in [1.54, 1.807) is 6.92 Å². The van der Waals surface area contributed by atoms with Crippen molar-refractivity contribution < 1.29 is 18.3 Å². The monoisotopic (exact) mass is 244 g/mol. The zero-order valence-electron chi connectivity index (χ0n) is 8.16. The minimum Gasteiger partial charge on any atom is -0.462 e. The number of carbonyl (C=O) groups excluding carboxylic acids is 1. The molecule has 2 aromatic rings. The molecule has 2 rings (SSSR count). The van der Waals surface area contributed by atoms with Crippen LogP contribution in [0.3, 0.4) is 0 Å². The van der Waals surface area contributed by atoms with Crippen LogP contribution in [0.1, 0.15) is 16.6 Å². The second-order valence-electron chi connectivity index (χ2n) is 2.86. The number of carbonyl (C=O) groups is 1. The molecule has 0 unspecified atom stereocenters. The van der Waals surface area contributed by atoms with E-state index < -0.39 is 17.9 Å². The summed E-state index contributed by atoms with van der Waals surface area (Å²) < 4.78 is 31.0. The first-order valence-corrected chi connectivity index (χ1v) is 5.23. The van der Waals surface area contributed by atoms with Gasteiger partial charge in [-0.15, -0.1) is 21.5 Å². The van der Waals surface area contributed by atoms with Gasteiger partial charge >= 0.3 is 5.97 Å². The Hall–Kier alpha value is -1.63. The van der Waals surface area contributed by atoms with E-state index in [0.717, 1.165) is 11.3 Å². The van der Waals surface area contributed by atoms with Crippen molar-refractivity contribution in [3.63, 3.8) is 0 Å². The second kappa shape index (κ2) is 4.09. The summed E-state index contributed by atoms with van der Waals surface area (Å²) in [6, 6.07) is 1.21. The topological polar surface area (TPSA) is 52.1 Å². The number of esters is 1. The summed E-state index contributed by atoms with van der Waals surface area (Å²) in [4.78, 5) is 11.5. The Morgan fingerprint density at radius 1 is 1.44 bits per heavy atom. The van der Waals surface area contributed by atoms with Crippen LogP contribution in [-0.2, 0) is 4.74 Å². The van der Waals surface area contributed by atoms with E-state index in [1.165, 1.54) is 6.07 Å². The minimum atomic E-state index is -0.900. The van der Waals surface area contributed by atoms with E-state index in [9.17, 15) is 13.6 Å². The fraction of sp³-hybridized carbons (Fsp3) is 0.222. The highest BCUT2D eigenvalue weighted by Gasteiger charge is 2.17. The van der Waals surface area contributed by atoms with E-state index in [2.05, 4.69) is 10.2 Å². The summed E-state index contributed by atoms with van der Waals surface area (Å²) in [5, 5.41) is 5.93. The molecule has 2 heterocycles. The molecule has 0 spiro atoms. The van der Waals surface area contributed by atoms with Crippen LogP contribution in [0.5, 0.6) is 0 Å². The van der Waals surface area contributed by atoms with Gasteiger partial charge in [0.05, 0.1) is 16.7 Å². The molecular formula is C9H6F2N2O2S. The Balaban J connectivity index is 2.55. The summed E-state index contributed by atoms with van der Waals surface area (Å²) in [6.07, 6.45) is 0. The molecule has 0 radical (unpaired) electrons. The number of nitrogens with zero attached hydrogens (tertiary/aromatic N) is 2. The lowest BCUT2D eigenvalue weighted by Gasteiger charge is -1.95. The van der Waals surface area contributed by atoms with Crippen molar-refractivity contribution in [3.8, 4) is 0 Å². The van der Waals surface area contributed by atoms with Crippen LogP contribution in [-0.4, -0.2) is 22.8 Å². The van der Waals surface area contributed by atoms with Crippen LogP contribution in [0.4, 0.5) is 8.78 Å². The molecule has 0 fully saturated rings. The van der Waals surface area contributed by atoms with E-state index >= 15 is 0 Å². The predicted molar refractivity (Wildman–Crippen MR) is 53.3 cm³/mol. The fourth-order valence-corrected chi connectivity index (χ4v) is 2.10. The van der Waals surface area contributed by atoms with Crippen molar-refractivity contribution in [2.45, 2.75) is 6.92 Å². The van der Waals surface area contributed by atoms with Crippen LogP contribution in [0, 0.1) is 11.9 Å². The first-order chi connectivity index (χ1) is 7.63. The van der Waals surface area contributed by atoms with Crippen molar-refractivity contribution in [2.75, 3.05) is 6.61 Å². The SMILES string of the molecule is CCOC(=O)c1cc2c(F)nnc(F)c2s1. The third-order valence-corrected chi connectivity index (χ3v) is 2.94. The summed E-state index contributed by atoms with van der Waals surface area (Å²) in [6.45, 7) is 1.85.